The normalized spacial score (nSPS) is 12.1. The minimum Gasteiger partial charge on any atom is -0.341 e. The van der Waals surface area contributed by atoms with Crippen LogP contribution in [0.3, 0.4) is 0 Å². The van der Waals surface area contributed by atoms with Gasteiger partial charge in [-0.05, 0) is 0 Å². The lowest BCUT2D eigenvalue weighted by Gasteiger charge is -2.20. The number of tetrazole rings is 1. The SMILES string of the molecule is CC(CN(C)C(=O)c1cnn(C)c1-c1ccccc1)c1nn[nH]n1. The summed E-state index contributed by atoms with van der Waals surface area (Å²) in [5.41, 5.74) is 2.34. The summed E-state index contributed by atoms with van der Waals surface area (Å²) in [6, 6.07) is 9.77. The third kappa shape index (κ3) is 3.03. The largest absolute Gasteiger partial charge is 0.341 e. The molecule has 0 aliphatic rings. The van der Waals surface area contributed by atoms with E-state index in [1.54, 1.807) is 22.8 Å². The number of nitrogens with zero attached hydrogens (tertiary/aromatic N) is 6. The molecular formula is C16H19N7O. The molecule has 8 heteroatoms. The second kappa shape index (κ2) is 6.61. The van der Waals surface area contributed by atoms with Crippen LogP contribution in [0, 0.1) is 0 Å². The van der Waals surface area contributed by atoms with Gasteiger partial charge in [-0.1, -0.05) is 42.5 Å². The molecule has 1 unspecified atom stereocenters. The Balaban J connectivity index is 1.83. The molecule has 8 nitrogen and oxygen atoms in total. The molecule has 0 saturated carbocycles. The molecule has 3 aromatic rings. The van der Waals surface area contributed by atoms with Gasteiger partial charge in [0.2, 0.25) is 0 Å². The van der Waals surface area contributed by atoms with Gasteiger partial charge < -0.3 is 4.90 Å². The van der Waals surface area contributed by atoms with Crippen LogP contribution in [0.1, 0.15) is 29.0 Å². The van der Waals surface area contributed by atoms with E-state index in [1.165, 1.54) is 0 Å². The quantitative estimate of drug-likeness (QED) is 0.767. The fourth-order valence-electron chi connectivity index (χ4n) is 2.69. The average Bonchev–Trinajstić information content (AvgIpc) is 3.24. The maximum absolute atomic E-state index is 12.9. The van der Waals surface area contributed by atoms with Gasteiger partial charge in [0.15, 0.2) is 5.82 Å². The van der Waals surface area contributed by atoms with Crippen molar-refractivity contribution in [3.8, 4) is 11.3 Å². The average molecular weight is 325 g/mol. The molecule has 3 rings (SSSR count). The van der Waals surface area contributed by atoms with Crippen LogP contribution in [0.5, 0.6) is 0 Å². The van der Waals surface area contributed by atoms with Gasteiger partial charge in [0.1, 0.15) is 0 Å². The molecular weight excluding hydrogens is 306 g/mol. The van der Waals surface area contributed by atoms with Crippen molar-refractivity contribution < 1.29 is 4.79 Å². The molecule has 124 valence electrons. The smallest absolute Gasteiger partial charge is 0.257 e. The summed E-state index contributed by atoms with van der Waals surface area (Å²) in [6.45, 7) is 2.44. The molecule has 0 aliphatic carbocycles. The molecule has 2 heterocycles. The number of hydrogen-bond donors (Lipinski definition) is 1. The zero-order valence-corrected chi connectivity index (χ0v) is 13.8. The second-order valence-electron chi connectivity index (χ2n) is 5.75. The van der Waals surface area contributed by atoms with Crippen molar-refractivity contribution in [1.82, 2.24) is 35.3 Å². The van der Waals surface area contributed by atoms with E-state index in [1.807, 2.05) is 44.3 Å². The Morgan fingerprint density at radius 3 is 2.75 bits per heavy atom. The Hall–Kier alpha value is -3.03. The number of benzene rings is 1. The monoisotopic (exact) mass is 325 g/mol. The van der Waals surface area contributed by atoms with Gasteiger partial charge in [-0.25, -0.2) is 0 Å². The first-order chi connectivity index (χ1) is 11.6. The van der Waals surface area contributed by atoms with Crippen molar-refractivity contribution in [3.63, 3.8) is 0 Å². The molecule has 0 spiro atoms. The summed E-state index contributed by atoms with van der Waals surface area (Å²) < 4.78 is 1.72. The standard InChI is InChI=1S/C16H19N7O/c1-11(15-18-20-21-19-15)10-22(2)16(24)13-9-17-23(3)14(13)12-7-5-4-6-8-12/h4-9,11H,10H2,1-3H3,(H,18,19,20,21). The predicted octanol–water partition coefficient (Wildman–Crippen LogP) is 1.48. The van der Waals surface area contributed by atoms with Crippen LogP contribution in [0.15, 0.2) is 36.5 Å². The molecule has 1 atom stereocenters. The number of hydrogen-bond acceptors (Lipinski definition) is 5. The van der Waals surface area contributed by atoms with Crippen LogP contribution in [-0.2, 0) is 7.05 Å². The van der Waals surface area contributed by atoms with Crippen LogP contribution in [0.2, 0.25) is 0 Å². The fourth-order valence-corrected chi connectivity index (χ4v) is 2.69. The van der Waals surface area contributed by atoms with Crippen LogP contribution in [0.4, 0.5) is 0 Å². The van der Waals surface area contributed by atoms with Gasteiger partial charge >= 0.3 is 0 Å². The second-order valence-corrected chi connectivity index (χ2v) is 5.75. The van der Waals surface area contributed by atoms with E-state index in [0.717, 1.165) is 11.3 Å². The van der Waals surface area contributed by atoms with Gasteiger partial charge in [-0.3, -0.25) is 9.48 Å². The Morgan fingerprint density at radius 1 is 1.33 bits per heavy atom. The first kappa shape index (κ1) is 15.9. The maximum Gasteiger partial charge on any atom is 0.257 e. The van der Waals surface area contributed by atoms with Gasteiger partial charge in [0, 0.05) is 32.1 Å². The van der Waals surface area contributed by atoms with Crippen LogP contribution < -0.4 is 0 Å². The van der Waals surface area contributed by atoms with Crippen molar-refractivity contribution >= 4 is 5.91 Å². The van der Waals surface area contributed by atoms with E-state index >= 15 is 0 Å². The zero-order valence-electron chi connectivity index (χ0n) is 13.8. The van der Waals surface area contributed by atoms with E-state index in [0.29, 0.717) is 17.9 Å². The summed E-state index contributed by atoms with van der Waals surface area (Å²) in [4.78, 5) is 14.5. The van der Waals surface area contributed by atoms with Crippen molar-refractivity contribution in [2.45, 2.75) is 12.8 Å². The number of rotatable bonds is 5. The lowest BCUT2D eigenvalue weighted by Crippen LogP contribution is -2.31. The minimum absolute atomic E-state index is 0.0189. The summed E-state index contributed by atoms with van der Waals surface area (Å²) in [7, 11) is 3.60. The molecule has 0 bridgehead atoms. The number of aryl methyl sites for hydroxylation is 1. The van der Waals surface area contributed by atoms with E-state index in [-0.39, 0.29) is 11.8 Å². The van der Waals surface area contributed by atoms with Gasteiger partial charge in [-0.15, -0.1) is 10.2 Å². The third-order valence-electron chi connectivity index (χ3n) is 3.91. The first-order valence-corrected chi connectivity index (χ1v) is 7.64. The number of carbonyl (C=O) groups is 1. The fraction of sp³-hybridized carbons (Fsp3) is 0.312. The summed E-state index contributed by atoms with van der Waals surface area (Å²) in [5.74, 6) is 0.482. The molecule has 1 aromatic carbocycles. The van der Waals surface area contributed by atoms with Crippen LogP contribution in [-0.4, -0.2) is 54.8 Å². The summed E-state index contributed by atoms with van der Waals surface area (Å²) >= 11 is 0. The molecule has 1 amide bonds. The van der Waals surface area contributed by atoms with Gasteiger partial charge in [0.25, 0.3) is 5.91 Å². The van der Waals surface area contributed by atoms with E-state index in [4.69, 9.17) is 0 Å². The molecule has 0 saturated heterocycles. The number of aromatic nitrogens is 6. The van der Waals surface area contributed by atoms with Crippen molar-refractivity contribution in [3.05, 3.63) is 47.9 Å². The molecule has 0 radical (unpaired) electrons. The molecule has 0 fully saturated rings. The first-order valence-electron chi connectivity index (χ1n) is 7.64. The van der Waals surface area contributed by atoms with Crippen molar-refractivity contribution in [2.24, 2.45) is 7.05 Å². The lowest BCUT2D eigenvalue weighted by atomic mass is 10.1. The number of carbonyl (C=O) groups excluding carboxylic acids is 1. The highest BCUT2D eigenvalue weighted by molar-refractivity contribution is 5.99. The molecule has 0 aliphatic heterocycles. The van der Waals surface area contributed by atoms with Crippen LogP contribution in [0.25, 0.3) is 11.3 Å². The van der Waals surface area contributed by atoms with Gasteiger partial charge in [-0.2, -0.15) is 10.3 Å². The Morgan fingerprint density at radius 2 is 2.08 bits per heavy atom. The number of aromatic amines is 1. The number of likely N-dealkylation sites (N-methyl/N-ethyl adjacent to an activating group) is 1. The summed E-state index contributed by atoms with van der Waals surface area (Å²) in [6.07, 6.45) is 1.61. The number of nitrogens with one attached hydrogen (secondary N) is 1. The minimum atomic E-state index is -0.0858. The lowest BCUT2D eigenvalue weighted by molar-refractivity contribution is 0.0788. The van der Waals surface area contributed by atoms with E-state index in [2.05, 4.69) is 25.7 Å². The highest BCUT2D eigenvalue weighted by Crippen LogP contribution is 2.24. The predicted molar refractivity (Wildman–Crippen MR) is 88.2 cm³/mol. The van der Waals surface area contributed by atoms with E-state index in [9.17, 15) is 4.79 Å². The summed E-state index contributed by atoms with van der Waals surface area (Å²) in [5, 5.41) is 18.2. The Kier molecular flexibility index (Phi) is 4.37. The zero-order chi connectivity index (χ0) is 17.1. The van der Waals surface area contributed by atoms with Crippen molar-refractivity contribution in [2.75, 3.05) is 13.6 Å². The topological polar surface area (TPSA) is 92.6 Å². The van der Waals surface area contributed by atoms with Gasteiger partial charge in [0.05, 0.1) is 17.5 Å². The van der Waals surface area contributed by atoms with E-state index < -0.39 is 0 Å². The highest BCUT2D eigenvalue weighted by atomic mass is 16.2. The molecule has 1 N–H and O–H groups in total. The molecule has 24 heavy (non-hydrogen) atoms. The van der Waals surface area contributed by atoms with Crippen LogP contribution >= 0.6 is 0 Å². The highest BCUT2D eigenvalue weighted by Gasteiger charge is 2.23. The Bertz CT molecular complexity index is 810. The maximum atomic E-state index is 12.9. The Labute approximate surface area is 139 Å². The molecule has 2 aromatic heterocycles. The van der Waals surface area contributed by atoms with Crippen molar-refractivity contribution in [1.29, 1.82) is 0 Å². The number of amides is 1. The number of H-pyrrole nitrogens is 1. The third-order valence-corrected chi connectivity index (χ3v) is 3.91.